The Hall–Kier alpha value is -4.64. The van der Waals surface area contributed by atoms with Gasteiger partial charge in [0.15, 0.2) is 0 Å². The normalized spacial score (nSPS) is 16.1. The van der Waals surface area contributed by atoms with E-state index in [4.69, 9.17) is 19.6 Å². The van der Waals surface area contributed by atoms with Crippen LogP contribution in [0.3, 0.4) is 0 Å². The Kier molecular flexibility index (Phi) is 13.4. The number of carbonyl (C=O) groups is 3. The number of benzene rings is 3. The van der Waals surface area contributed by atoms with Gasteiger partial charge < -0.3 is 30.2 Å². The lowest BCUT2D eigenvalue weighted by molar-refractivity contribution is -0.145. The third kappa shape index (κ3) is 9.31. The van der Waals surface area contributed by atoms with E-state index in [0.29, 0.717) is 23.3 Å². The van der Waals surface area contributed by atoms with Crippen molar-refractivity contribution in [3.05, 3.63) is 92.1 Å². The number of methoxy groups -OCH3 is 1. The largest absolute Gasteiger partial charge is 0.487 e. The van der Waals surface area contributed by atoms with Crippen LogP contribution in [0.25, 0.3) is 11.1 Å². The van der Waals surface area contributed by atoms with Gasteiger partial charge >= 0.3 is 12.1 Å². The Morgan fingerprint density at radius 3 is 2.46 bits per heavy atom. The number of rotatable bonds is 14. The zero-order valence-electron chi connectivity index (χ0n) is 32.6. The average molecular weight is 900 g/mol. The number of hydrogen-bond acceptors (Lipinski definition) is 9. The predicted octanol–water partition coefficient (Wildman–Crippen LogP) is 6.04. The molecule has 0 saturated carbocycles. The monoisotopic (exact) mass is 899 g/mol. The number of esters is 1. The van der Waals surface area contributed by atoms with Crippen LogP contribution in [0.4, 0.5) is 4.79 Å². The molecule has 13 nitrogen and oxygen atoms in total. The van der Waals surface area contributed by atoms with E-state index in [1.807, 2.05) is 63.2 Å². The van der Waals surface area contributed by atoms with Crippen molar-refractivity contribution in [3.63, 3.8) is 0 Å². The van der Waals surface area contributed by atoms with Gasteiger partial charge in [-0.3, -0.25) is 10.2 Å². The Bertz CT molecular complexity index is 2160. The van der Waals surface area contributed by atoms with E-state index in [0.717, 1.165) is 43.4 Å². The fourth-order valence-corrected chi connectivity index (χ4v) is 9.80. The summed E-state index contributed by atoms with van der Waals surface area (Å²) in [5, 5.41) is 16.5. The van der Waals surface area contributed by atoms with Gasteiger partial charge in [-0.05, 0) is 140 Å². The molecule has 2 aliphatic rings. The Morgan fingerprint density at radius 1 is 1.04 bits per heavy atom. The maximum atomic E-state index is 13.7. The molecule has 1 heterocycles. The SMILES string of the molecule is C=CC[C@@H](NC(=O)[C@@H](CCCNC(=N)NS(=O)(=O)c1c(C)c(C)c2c(c1C)CCC(C)(C)O2)NC(=O)OCC1c2ccccc2-c2cccc(I)c21)C(=O)OC. The van der Waals surface area contributed by atoms with Crippen LogP contribution in [0.5, 0.6) is 5.75 Å². The molecular weight excluding hydrogens is 849 g/mol. The van der Waals surface area contributed by atoms with Crippen LogP contribution >= 0.6 is 22.6 Å². The Labute approximate surface area is 342 Å². The van der Waals surface area contributed by atoms with Gasteiger partial charge in [0, 0.05) is 16.0 Å². The van der Waals surface area contributed by atoms with Crippen LogP contribution < -0.4 is 25.4 Å². The summed E-state index contributed by atoms with van der Waals surface area (Å²) < 4.78 is 47.5. The number of nitrogens with one attached hydrogen (secondary N) is 5. The lowest BCUT2D eigenvalue weighted by Crippen LogP contribution is -2.52. The molecule has 5 N–H and O–H groups in total. The molecule has 3 atom stereocenters. The van der Waals surface area contributed by atoms with Gasteiger partial charge in [0.1, 0.15) is 30.0 Å². The van der Waals surface area contributed by atoms with Crippen molar-refractivity contribution in [1.29, 1.82) is 5.41 Å². The van der Waals surface area contributed by atoms with Gasteiger partial charge in [0.2, 0.25) is 11.9 Å². The van der Waals surface area contributed by atoms with Gasteiger partial charge in [-0.1, -0.05) is 42.5 Å². The molecule has 3 aromatic carbocycles. The number of halogens is 1. The molecule has 0 bridgehead atoms. The van der Waals surface area contributed by atoms with Crippen LogP contribution in [0, 0.1) is 29.8 Å². The number of carbonyl (C=O) groups excluding carboxylic acids is 3. The maximum absolute atomic E-state index is 13.7. The minimum absolute atomic E-state index is 0.0258. The number of hydrogen-bond donors (Lipinski definition) is 5. The summed E-state index contributed by atoms with van der Waals surface area (Å²) in [4.78, 5) is 39.3. The number of amides is 2. The minimum Gasteiger partial charge on any atom is -0.487 e. The first-order valence-electron chi connectivity index (χ1n) is 18.5. The van der Waals surface area contributed by atoms with Crippen molar-refractivity contribution in [2.75, 3.05) is 20.3 Å². The van der Waals surface area contributed by atoms with E-state index in [2.05, 4.69) is 49.8 Å². The van der Waals surface area contributed by atoms with E-state index in [-0.39, 0.29) is 48.8 Å². The third-order valence-electron chi connectivity index (χ3n) is 10.4. The second-order valence-electron chi connectivity index (χ2n) is 14.7. The molecule has 300 valence electrons. The molecule has 1 unspecified atom stereocenters. The third-order valence-corrected chi connectivity index (χ3v) is 12.9. The average Bonchev–Trinajstić information content (AvgIpc) is 3.47. The first-order valence-corrected chi connectivity index (χ1v) is 21.0. The van der Waals surface area contributed by atoms with Crippen molar-refractivity contribution >= 4 is 56.5 Å². The molecule has 0 aromatic heterocycles. The molecular formula is C41H50IN5O8S. The van der Waals surface area contributed by atoms with E-state index in [1.165, 1.54) is 13.2 Å². The van der Waals surface area contributed by atoms with Crippen LogP contribution in [-0.2, 0) is 35.5 Å². The summed E-state index contributed by atoms with van der Waals surface area (Å²) >= 11 is 2.28. The standard InChI is InChI=1S/C41H50IN5O8S/c1-8-13-33(38(49)53-7)45-37(48)32(46-40(50)54-22-30-28-15-10-9-14-27(28)29-16-11-17-31(42)34(29)30)18-12-21-44-39(43)47-56(51,52)36-24(3)23(2)35-26(25(36)4)19-20-41(5,6)55-35/h8-11,14-17,30,32-33H,1,12-13,18-22H2,2-7H3,(H,45,48)(H,46,50)(H3,43,44,47)/t30?,32-,33-/m1/s1. The molecule has 15 heteroatoms. The topological polar surface area (TPSA) is 185 Å². The van der Waals surface area contributed by atoms with Crippen LogP contribution in [0.15, 0.2) is 60.0 Å². The Balaban J connectivity index is 1.24. The van der Waals surface area contributed by atoms with E-state index in [9.17, 15) is 22.8 Å². The molecule has 2 amide bonds. The maximum Gasteiger partial charge on any atom is 0.407 e. The number of fused-ring (bicyclic) bond motifs is 4. The fourth-order valence-electron chi connectivity index (χ4n) is 7.40. The van der Waals surface area contributed by atoms with E-state index in [1.54, 1.807) is 13.8 Å². The summed E-state index contributed by atoms with van der Waals surface area (Å²) in [6, 6.07) is 11.8. The van der Waals surface area contributed by atoms with Gasteiger partial charge in [-0.15, -0.1) is 6.58 Å². The molecule has 0 spiro atoms. The number of alkyl carbamates (subject to hydrolysis) is 1. The van der Waals surface area contributed by atoms with E-state index >= 15 is 0 Å². The van der Waals surface area contributed by atoms with Gasteiger partial charge in [0.05, 0.1) is 12.0 Å². The zero-order chi connectivity index (χ0) is 40.9. The molecule has 56 heavy (non-hydrogen) atoms. The molecule has 0 radical (unpaired) electrons. The fraction of sp³-hybridized carbons (Fsp3) is 0.415. The predicted molar refractivity (Wildman–Crippen MR) is 222 cm³/mol. The summed E-state index contributed by atoms with van der Waals surface area (Å²) in [6.07, 6.45) is 2.42. The number of guanidine groups is 1. The molecule has 0 fully saturated rings. The Morgan fingerprint density at radius 2 is 1.75 bits per heavy atom. The van der Waals surface area contributed by atoms with E-state index < -0.39 is 46.0 Å². The lowest BCUT2D eigenvalue weighted by Gasteiger charge is -2.35. The summed E-state index contributed by atoms with van der Waals surface area (Å²) in [7, 11) is -2.95. The van der Waals surface area contributed by atoms with Crippen LogP contribution in [0.1, 0.15) is 78.8 Å². The van der Waals surface area contributed by atoms with Crippen LogP contribution in [0.2, 0.25) is 0 Å². The highest BCUT2D eigenvalue weighted by Gasteiger charge is 2.35. The molecule has 1 aliphatic carbocycles. The van der Waals surface area contributed by atoms with Gasteiger partial charge in [-0.25, -0.2) is 22.7 Å². The zero-order valence-corrected chi connectivity index (χ0v) is 35.5. The number of ether oxygens (including phenoxy) is 3. The second kappa shape index (κ2) is 17.7. The molecule has 0 saturated heterocycles. The summed E-state index contributed by atoms with van der Waals surface area (Å²) in [6.45, 7) is 13.1. The first kappa shape index (κ1) is 42.5. The smallest absolute Gasteiger partial charge is 0.407 e. The first-order chi connectivity index (χ1) is 26.5. The quantitative estimate of drug-likeness (QED) is 0.0321. The lowest BCUT2D eigenvalue weighted by atomic mass is 9.88. The highest BCUT2D eigenvalue weighted by molar-refractivity contribution is 14.1. The highest BCUT2D eigenvalue weighted by atomic mass is 127. The second-order valence-corrected chi connectivity index (χ2v) is 17.4. The van der Waals surface area contributed by atoms with Crippen LogP contribution in [-0.4, -0.2) is 70.3 Å². The van der Waals surface area contributed by atoms with Gasteiger partial charge in [0.25, 0.3) is 10.0 Å². The van der Waals surface area contributed by atoms with Crippen molar-refractivity contribution in [3.8, 4) is 16.9 Å². The summed E-state index contributed by atoms with van der Waals surface area (Å²) in [5.74, 6) is -1.27. The highest BCUT2D eigenvalue weighted by Crippen LogP contribution is 2.46. The minimum atomic E-state index is -4.15. The van der Waals surface area contributed by atoms with Crippen molar-refractivity contribution in [2.45, 2.75) is 95.2 Å². The summed E-state index contributed by atoms with van der Waals surface area (Å²) in [5.41, 5.74) is 6.61. The number of sulfonamides is 1. The van der Waals surface area contributed by atoms with Crippen molar-refractivity contribution in [1.82, 2.24) is 20.7 Å². The molecule has 3 aromatic rings. The molecule has 5 rings (SSSR count). The van der Waals surface area contributed by atoms with Gasteiger partial charge in [-0.2, -0.15) is 0 Å². The van der Waals surface area contributed by atoms with Crippen molar-refractivity contribution in [2.24, 2.45) is 0 Å². The van der Waals surface area contributed by atoms with Crippen molar-refractivity contribution < 1.29 is 37.0 Å². The molecule has 1 aliphatic heterocycles.